The molecule has 280 valence electrons. The Balaban J connectivity index is 1.45. The molecule has 5 aromatic rings. The largest absolute Gasteiger partial charge is 0.481 e. The van der Waals surface area contributed by atoms with Crippen molar-refractivity contribution in [3.63, 3.8) is 0 Å². The van der Waals surface area contributed by atoms with Gasteiger partial charge in [-0.1, -0.05) is 78.9 Å². The number of pyridine rings is 2. The third-order valence-electron chi connectivity index (χ3n) is 8.84. The SMILES string of the molecule is COc1ccc(CN(C)CCN(C)C(=O)C(I)(Cc2ccccc2)N(Cc2ccc(-c3ccccn3)cc2)C(=O)C=Cc2ccc(C(F)(F)F)cc2)cn1. The number of benzene rings is 3. The van der Waals surface area contributed by atoms with Gasteiger partial charge in [0.1, 0.15) is 0 Å². The van der Waals surface area contributed by atoms with E-state index in [1.807, 2.05) is 85.9 Å². The predicted octanol–water partition coefficient (Wildman–Crippen LogP) is 8.18. The summed E-state index contributed by atoms with van der Waals surface area (Å²) >= 11 is 2.10. The van der Waals surface area contributed by atoms with Crippen molar-refractivity contribution in [1.82, 2.24) is 24.7 Å². The predicted molar refractivity (Wildman–Crippen MR) is 212 cm³/mol. The molecule has 5 rings (SSSR count). The molecular weight excluding hydrogens is 806 g/mol. The minimum absolute atomic E-state index is 0.0818. The van der Waals surface area contributed by atoms with E-state index in [0.717, 1.165) is 40.1 Å². The minimum atomic E-state index is -4.48. The third-order valence-corrected chi connectivity index (χ3v) is 10.3. The van der Waals surface area contributed by atoms with Crippen LogP contribution in [0.3, 0.4) is 0 Å². The first-order valence-corrected chi connectivity index (χ1v) is 18.3. The highest BCUT2D eigenvalue weighted by Gasteiger charge is 2.45. The third kappa shape index (κ3) is 10.8. The zero-order valence-electron chi connectivity index (χ0n) is 30.2. The van der Waals surface area contributed by atoms with Crippen LogP contribution < -0.4 is 4.74 Å². The maximum atomic E-state index is 14.7. The normalized spacial score (nSPS) is 12.7. The van der Waals surface area contributed by atoms with Gasteiger partial charge in [-0.2, -0.15) is 13.2 Å². The number of hydrogen-bond donors (Lipinski definition) is 0. The van der Waals surface area contributed by atoms with Crippen LogP contribution in [0.25, 0.3) is 17.3 Å². The first kappa shape index (κ1) is 40.1. The van der Waals surface area contributed by atoms with Crippen LogP contribution in [0.2, 0.25) is 0 Å². The molecule has 2 amide bonds. The lowest BCUT2D eigenvalue weighted by atomic mass is 10.0. The van der Waals surface area contributed by atoms with Crippen molar-refractivity contribution in [3.8, 4) is 17.1 Å². The Labute approximate surface area is 327 Å². The van der Waals surface area contributed by atoms with E-state index in [1.54, 1.807) is 42.4 Å². The summed E-state index contributed by atoms with van der Waals surface area (Å²) in [6.45, 7) is 1.61. The van der Waals surface area contributed by atoms with E-state index >= 15 is 0 Å². The van der Waals surface area contributed by atoms with E-state index in [4.69, 9.17) is 4.74 Å². The van der Waals surface area contributed by atoms with Crippen molar-refractivity contribution in [2.75, 3.05) is 34.3 Å². The molecule has 3 aromatic carbocycles. The molecule has 0 N–H and O–H groups in total. The van der Waals surface area contributed by atoms with Crippen LogP contribution >= 0.6 is 22.6 Å². The van der Waals surface area contributed by atoms with Crippen LogP contribution in [-0.4, -0.2) is 74.3 Å². The molecule has 2 aromatic heterocycles. The van der Waals surface area contributed by atoms with Gasteiger partial charge in [-0.15, -0.1) is 0 Å². The first-order chi connectivity index (χ1) is 25.9. The molecule has 0 saturated heterocycles. The van der Waals surface area contributed by atoms with Crippen LogP contribution in [0.5, 0.6) is 5.88 Å². The van der Waals surface area contributed by atoms with E-state index in [0.29, 0.717) is 31.1 Å². The fourth-order valence-electron chi connectivity index (χ4n) is 5.80. The van der Waals surface area contributed by atoms with Crippen LogP contribution in [-0.2, 0) is 35.3 Å². The van der Waals surface area contributed by atoms with Crippen LogP contribution in [0.1, 0.15) is 27.8 Å². The van der Waals surface area contributed by atoms with Crippen molar-refractivity contribution in [2.24, 2.45) is 0 Å². The van der Waals surface area contributed by atoms with Gasteiger partial charge in [-0.3, -0.25) is 14.6 Å². The highest BCUT2D eigenvalue weighted by molar-refractivity contribution is 14.1. The number of aromatic nitrogens is 2. The molecule has 1 atom stereocenters. The van der Waals surface area contributed by atoms with Crippen LogP contribution in [0.15, 0.2) is 128 Å². The van der Waals surface area contributed by atoms with Crippen molar-refractivity contribution in [2.45, 2.75) is 29.2 Å². The molecule has 0 aliphatic heterocycles. The Morgan fingerprint density at radius 2 is 1.46 bits per heavy atom. The molecule has 1 unspecified atom stereocenters. The number of alkyl halides is 4. The van der Waals surface area contributed by atoms with E-state index < -0.39 is 21.2 Å². The maximum absolute atomic E-state index is 14.7. The highest BCUT2D eigenvalue weighted by atomic mass is 127. The van der Waals surface area contributed by atoms with Crippen LogP contribution in [0.4, 0.5) is 13.2 Å². The molecule has 12 heteroatoms. The monoisotopic (exact) mass is 847 g/mol. The zero-order valence-corrected chi connectivity index (χ0v) is 32.4. The van der Waals surface area contributed by atoms with E-state index in [2.05, 4.69) is 37.5 Å². The van der Waals surface area contributed by atoms with Gasteiger partial charge in [0.2, 0.25) is 11.8 Å². The number of nitrogens with zero attached hydrogens (tertiary/aromatic N) is 5. The second-order valence-corrected chi connectivity index (χ2v) is 14.7. The topological polar surface area (TPSA) is 78.9 Å². The molecule has 0 fully saturated rings. The molecule has 0 radical (unpaired) electrons. The second-order valence-electron chi connectivity index (χ2n) is 12.9. The number of rotatable bonds is 15. The summed E-state index contributed by atoms with van der Waals surface area (Å²) in [6, 6.07) is 31.1. The average molecular weight is 848 g/mol. The second kappa shape index (κ2) is 18.3. The molecule has 0 aliphatic carbocycles. The van der Waals surface area contributed by atoms with Crippen molar-refractivity contribution in [1.29, 1.82) is 0 Å². The van der Waals surface area contributed by atoms with E-state index in [-0.39, 0.29) is 18.9 Å². The molecule has 0 spiro atoms. The van der Waals surface area contributed by atoms with Crippen molar-refractivity contribution < 1.29 is 27.5 Å². The highest BCUT2D eigenvalue weighted by Crippen LogP contribution is 2.34. The van der Waals surface area contributed by atoms with Gasteiger partial charge < -0.3 is 19.4 Å². The lowest BCUT2D eigenvalue weighted by Gasteiger charge is -2.41. The maximum Gasteiger partial charge on any atom is 0.416 e. The van der Waals surface area contributed by atoms with Gasteiger partial charge in [0, 0.05) is 69.7 Å². The quantitative estimate of drug-likeness (QED) is 0.0458. The van der Waals surface area contributed by atoms with Gasteiger partial charge in [0.15, 0.2) is 3.55 Å². The molecule has 8 nitrogen and oxygen atoms in total. The number of methoxy groups -OCH3 is 1. The Kier molecular flexibility index (Phi) is 13.6. The summed E-state index contributed by atoms with van der Waals surface area (Å²) in [7, 11) is 5.25. The number of halogens is 4. The summed E-state index contributed by atoms with van der Waals surface area (Å²) in [5.41, 5.74) is 3.96. The smallest absolute Gasteiger partial charge is 0.416 e. The summed E-state index contributed by atoms with van der Waals surface area (Å²) in [6.07, 6.45) is 1.98. The lowest BCUT2D eigenvalue weighted by Crippen LogP contribution is -2.58. The zero-order chi connectivity index (χ0) is 38.7. The molecule has 0 aliphatic rings. The summed E-state index contributed by atoms with van der Waals surface area (Å²) < 4.78 is 43.4. The van der Waals surface area contributed by atoms with Gasteiger partial charge in [-0.05, 0) is 82.2 Å². The van der Waals surface area contributed by atoms with Crippen molar-refractivity contribution >= 4 is 40.5 Å². The summed E-state index contributed by atoms with van der Waals surface area (Å²) in [4.78, 5) is 43.1. The van der Waals surface area contributed by atoms with Gasteiger partial charge in [0.25, 0.3) is 5.91 Å². The van der Waals surface area contributed by atoms with E-state index in [9.17, 15) is 22.8 Å². The molecule has 0 bridgehead atoms. The van der Waals surface area contributed by atoms with Crippen molar-refractivity contribution in [3.05, 3.63) is 155 Å². The number of ether oxygens (including phenoxy) is 1. The average Bonchev–Trinajstić information content (AvgIpc) is 3.18. The van der Waals surface area contributed by atoms with Gasteiger partial charge in [0.05, 0.1) is 18.4 Å². The Morgan fingerprint density at radius 1 is 0.778 bits per heavy atom. The molecule has 2 heterocycles. The Morgan fingerprint density at radius 3 is 2.07 bits per heavy atom. The fourth-order valence-corrected chi connectivity index (χ4v) is 7.06. The number of carbonyl (C=O) groups excluding carboxylic acids is 2. The fraction of sp³-hybridized carbons (Fsp3) is 0.238. The molecule has 0 saturated carbocycles. The van der Waals surface area contributed by atoms with Gasteiger partial charge >= 0.3 is 6.18 Å². The number of carbonyl (C=O) groups is 2. The Hall–Kier alpha value is -5.08. The summed E-state index contributed by atoms with van der Waals surface area (Å²) in [5.74, 6) is -0.214. The van der Waals surface area contributed by atoms with Gasteiger partial charge in [-0.25, -0.2) is 4.98 Å². The minimum Gasteiger partial charge on any atom is -0.481 e. The molecular formula is C42H41F3IN5O3. The number of hydrogen-bond acceptors (Lipinski definition) is 6. The Bertz CT molecular complexity index is 2000. The summed E-state index contributed by atoms with van der Waals surface area (Å²) in [5, 5.41) is 0. The number of amides is 2. The first-order valence-electron chi connectivity index (χ1n) is 17.2. The lowest BCUT2D eigenvalue weighted by molar-refractivity contribution is -0.144. The number of likely N-dealkylation sites (N-methyl/N-ethyl adjacent to an activating group) is 2. The van der Waals surface area contributed by atoms with E-state index in [1.165, 1.54) is 24.3 Å². The molecule has 54 heavy (non-hydrogen) atoms. The standard InChI is InChI=1S/C42H41F3IN5O3/c1-49(29-34-16-22-38(54-3)48-28-34)25-26-50(2)40(53)41(46,27-32-9-5-4-6-10-32)51(30-33-12-18-35(19-13-33)37-11-7-8-24-47-37)39(52)23-17-31-14-20-36(21-15-31)42(43,44)45/h4-24,28H,25-27,29-30H2,1-3H3. The van der Waals surface area contributed by atoms with Crippen LogP contribution in [0, 0.1) is 0 Å².